The number of hydrogen-bond acceptors (Lipinski definition) is 1. The molecular weight excluding hydrogens is 408 g/mol. The van der Waals surface area contributed by atoms with E-state index in [0.717, 1.165) is 19.2 Å². The highest BCUT2D eigenvalue weighted by Crippen LogP contribution is 2.38. The van der Waals surface area contributed by atoms with Crippen LogP contribution >= 0.6 is 64.0 Å². The van der Waals surface area contributed by atoms with E-state index < -0.39 is 0 Å². The van der Waals surface area contributed by atoms with E-state index in [2.05, 4.69) is 64.0 Å². The quantitative estimate of drug-likeness (QED) is 0.613. The van der Waals surface area contributed by atoms with Crippen LogP contribution in [0.1, 0.15) is 0 Å². The zero-order valence-electron chi connectivity index (χ0n) is 5.07. The van der Waals surface area contributed by atoms with Crippen molar-refractivity contribution in [2.75, 3.05) is 0 Å². The van der Waals surface area contributed by atoms with E-state index in [-0.39, 0.29) is 0 Å². The van der Waals surface area contributed by atoms with E-state index >= 15 is 0 Å². The van der Waals surface area contributed by atoms with Gasteiger partial charge in [0, 0.05) is 8.95 Å². The fourth-order valence-corrected chi connectivity index (χ4v) is 2.41. The second-order valence-corrected chi connectivity index (χ2v) is 4.51. The fourth-order valence-electron chi connectivity index (χ4n) is 0.568. The number of benzene rings is 1. The topological polar surface area (TPSA) is 9.23 Å². The minimum atomic E-state index is 0.736. The molecule has 0 radical (unpaired) electrons. The molecule has 0 N–H and O–H groups in total. The third-order valence-electron chi connectivity index (χ3n) is 1.08. The molecule has 5 heteroatoms. The molecule has 0 aliphatic carbocycles. The molecule has 0 fully saturated rings. The Kier molecular flexibility index (Phi) is 3.88. The summed E-state index contributed by atoms with van der Waals surface area (Å²) in [4.78, 5) is 0. The first-order valence-electron chi connectivity index (χ1n) is 2.59. The molecule has 1 aromatic rings. The van der Waals surface area contributed by atoms with Crippen LogP contribution in [-0.4, -0.2) is 0 Å². The average molecular weight is 410 g/mol. The molecule has 0 atom stereocenters. The van der Waals surface area contributed by atoms with Gasteiger partial charge >= 0.3 is 0 Å². The molecule has 1 aromatic carbocycles. The van der Waals surface area contributed by atoms with Gasteiger partial charge in [-0.1, -0.05) is 0 Å². The molecule has 60 valence electrons. The van der Waals surface area contributed by atoms with Crippen LogP contribution in [0.25, 0.3) is 0 Å². The molecule has 0 saturated carbocycles. The van der Waals surface area contributed by atoms with E-state index in [0.29, 0.717) is 0 Å². The predicted molar refractivity (Wildman–Crippen MR) is 59.1 cm³/mol. The van der Waals surface area contributed by atoms with Crippen molar-refractivity contribution in [2.45, 2.75) is 0 Å². The summed E-state index contributed by atoms with van der Waals surface area (Å²) in [6, 6.07) is 3.74. The molecule has 0 bridgehead atoms. The first-order chi connectivity index (χ1) is 5.16. The molecule has 0 heterocycles. The van der Waals surface area contributed by atoms with Crippen LogP contribution in [0.5, 0.6) is 5.75 Å². The number of hydrogen-bond donors (Lipinski definition) is 0. The first kappa shape index (κ1) is 10.0. The minimum absolute atomic E-state index is 0.736. The molecule has 1 rings (SSSR count). The van der Waals surface area contributed by atoms with Crippen LogP contribution < -0.4 is 3.83 Å². The summed E-state index contributed by atoms with van der Waals surface area (Å²) < 4.78 is 7.70. The Labute approximate surface area is 98.3 Å². The highest BCUT2D eigenvalue weighted by molar-refractivity contribution is 9.14. The molecule has 0 amide bonds. The molecule has 0 aliphatic heterocycles. The Morgan fingerprint density at radius 1 is 1.00 bits per heavy atom. The third-order valence-corrected chi connectivity index (χ3v) is 4.77. The van der Waals surface area contributed by atoms with Crippen LogP contribution in [0, 0.1) is 0 Å². The van der Waals surface area contributed by atoms with Gasteiger partial charge in [-0.05, 0) is 59.9 Å². The summed E-state index contributed by atoms with van der Waals surface area (Å²) in [6.45, 7) is 0. The Bertz CT molecular complexity index is 274. The van der Waals surface area contributed by atoms with Crippen molar-refractivity contribution >= 4 is 64.0 Å². The third kappa shape index (κ3) is 2.20. The van der Waals surface area contributed by atoms with Crippen LogP contribution in [0.15, 0.2) is 25.6 Å². The van der Waals surface area contributed by atoms with E-state index in [9.17, 15) is 0 Å². The molecule has 0 aliphatic rings. The molecule has 0 unspecified atom stereocenters. The van der Waals surface area contributed by atoms with Gasteiger partial charge < -0.3 is 3.83 Å². The van der Waals surface area contributed by atoms with Crippen molar-refractivity contribution in [2.24, 2.45) is 0 Å². The monoisotopic (exact) mass is 406 g/mol. The summed E-state index contributed by atoms with van der Waals surface area (Å²) in [5.74, 6) is 0.736. The molecule has 1 nitrogen and oxygen atoms in total. The van der Waals surface area contributed by atoms with E-state index in [1.54, 1.807) is 0 Å². The van der Waals surface area contributed by atoms with Gasteiger partial charge in [-0.3, -0.25) is 0 Å². The van der Waals surface area contributed by atoms with Crippen molar-refractivity contribution in [3.8, 4) is 5.75 Å². The minimum Gasteiger partial charge on any atom is -0.417 e. The molecule has 0 saturated heterocycles. The normalized spacial score (nSPS) is 9.82. The van der Waals surface area contributed by atoms with Crippen molar-refractivity contribution in [1.29, 1.82) is 0 Å². The Morgan fingerprint density at radius 3 is 2.18 bits per heavy atom. The second-order valence-electron chi connectivity index (χ2n) is 1.75. The van der Waals surface area contributed by atoms with E-state index in [1.807, 2.05) is 12.1 Å². The summed E-state index contributed by atoms with van der Waals surface area (Å²) >= 11 is 13.0. The van der Waals surface area contributed by atoms with Crippen LogP contribution in [-0.2, 0) is 0 Å². The zero-order chi connectivity index (χ0) is 8.43. The highest BCUT2D eigenvalue weighted by Gasteiger charge is 2.07. The summed E-state index contributed by atoms with van der Waals surface area (Å²) in [5, 5.41) is 0. The second kappa shape index (κ2) is 4.25. The molecule has 11 heavy (non-hydrogen) atoms. The lowest BCUT2D eigenvalue weighted by Crippen LogP contribution is -1.78. The maximum absolute atomic E-state index is 4.90. The van der Waals surface area contributed by atoms with Gasteiger partial charge in [-0.15, -0.1) is 0 Å². The Hall–Kier alpha value is 0.940. The highest BCUT2D eigenvalue weighted by atomic mass is 79.9. The molecule has 0 aromatic heterocycles. The maximum atomic E-state index is 4.90. The fraction of sp³-hybridized carbons (Fsp3) is 0. The van der Waals surface area contributed by atoms with Gasteiger partial charge in [-0.25, -0.2) is 0 Å². The van der Waals surface area contributed by atoms with Crippen molar-refractivity contribution in [1.82, 2.24) is 0 Å². The van der Waals surface area contributed by atoms with Crippen LogP contribution in [0.4, 0.5) is 0 Å². The van der Waals surface area contributed by atoms with Crippen molar-refractivity contribution in [3.05, 3.63) is 25.6 Å². The standard InChI is InChI=1S/C6H2Br4O/c7-3-1-2-4(11-10)6(9)5(3)8/h1-2H. The van der Waals surface area contributed by atoms with Crippen LogP contribution in [0.3, 0.4) is 0 Å². The lowest BCUT2D eigenvalue weighted by molar-refractivity contribution is 0.672. The predicted octanol–water partition coefficient (Wildman–Crippen LogP) is 4.66. The van der Waals surface area contributed by atoms with Crippen molar-refractivity contribution < 1.29 is 3.83 Å². The smallest absolute Gasteiger partial charge is 0.179 e. The van der Waals surface area contributed by atoms with E-state index in [4.69, 9.17) is 3.83 Å². The van der Waals surface area contributed by atoms with Gasteiger partial charge in [0.15, 0.2) is 22.0 Å². The van der Waals surface area contributed by atoms with Gasteiger partial charge in [0.2, 0.25) is 0 Å². The molecular formula is C6H2Br4O. The Morgan fingerprint density at radius 2 is 1.64 bits per heavy atom. The van der Waals surface area contributed by atoms with Crippen LogP contribution in [0.2, 0.25) is 0 Å². The lowest BCUT2D eigenvalue weighted by atomic mass is 10.3. The Balaban J connectivity index is 3.25. The maximum Gasteiger partial charge on any atom is 0.179 e. The number of rotatable bonds is 1. The number of halogens is 4. The summed E-state index contributed by atoms with van der Waals surface area (Å²) in [7, 11) is 0. The first-order valence-corrected chi connectivity index (χ1v) is 5.61. The van der Waals surface area contributed by atoms with Gasteiger partial charge in [0.25, 0.3) is 0 Å². The van der Waals surface area contributed by atoms with Crippen molar-refractivity contribution in [3.63, 3.8) is 0 Å². The van der Waals surface area contributed by atoms with Gasteiger partial charge in [0.05, 0.1) is 4.47 Å². The summed E-state index contributed by atoms with van der Waals surface area (Å²) in [5.41, 5.74) is 0. The van der Waals surface area contributed by atoms with E-state index in [1.165, 1.54) is 0 Å². The van der Waals surface area contributed by atoms with Gasteiger partial charge in [0.1, 0.15) is 0 Å². The zero-order valence-corrected chi connectivity index (χ0v) is 11.4. The SMILES string of the molecule is BrOc1ccc(Br)c(Br)c1Br. The molecule has 0 spiro atoms. The van der Waals surface area contributed by atoms with Gasteiger partial charge in [-0.2, -0.15) is 0 Å². The average Bonchev–Trinajstić information content (AvgIpc) is 2.01. The largest absolute Gasteiger partial charge is 0.417 e. The summed E-state index contributed by atoms with van der Waals surface area (Å²) in [6.07, 6.45) is 0. The lowest BCUT2D eigenvalue weighted by Gasteiger charge is -2.03.